The summed E-state index contributed by atoms with van der Waals surface area (Å²) in [5.41, 5.74) is 2.01. The van der Waals surface area contributed by atoms with Gasteiger partial charge in [0.25, 0.3) is 0 Å². The van der Waals surface area contributed by atoms with Gasteiger partial charge in [0.2, 0.25) is 11.8 Å². The Labute approximate surface area is 155 Å². The summed E-state index contributed by atoms with van der Waals surface area (Å²) in [7, 11) is 0. The zero-order valence-electron chi connectivity index (χ0n) is 13.6. The first kappa shape index (κ1) is 16.5. The number of carbonyl (C=O) groups excluding carboxylic acids is 2. The van der Waals surface area contributed by atoms with Gasteiger partial charge >= 0.3 is 0 Å². The molecule has 6 heteroatoms. The van der Waals surface area contributed by atoms with Gasteiger partial charge in [-0.05, 0) is 30.2 Å². The standard InChI is InChI=1S/C19H18N2O2S2/c22-18(20-14-9-10-24-16-7-3-1-5-13(14)16)11-21-15-6-2-4-8-17(15)25-12-19(21)23/h1-8,14H,9-12H2,(H,20,22). The number of hydrogen-bond donors (Lipinski definition) is 1. The number of nitrogens with zero attached hydrogens (tertiary/aromatic N) is 1. The lowest BCUT2D eigenvalue weighted by Gasteiger charge is -2.30. The summed E-state index contributed by atoms with van der Waals surface area (Å²) in [6.45, 7) is 0.0716. The number of benzene rings is 2. The summed E-state index contributed by atoms with van der Waals surface area (Å²) in [6, 6.07) is 16.0. The highest BCUT2D eigenvalue weighted by atomic mass is 32.2. The summed E-state index contributed by atoms with van der Waals surface area (Å²) in [4.78, 5) is 28.8. The molecule has 0 saturated heterocycles. The largest absolute Gasteiger partial charge is 0.348 e. The van der Waals surface area contributed by atoms with Crippen molar-refractivity contribution in [1.82, 2.24) is 5.32 Å². The Kier molecular flexibility index (Phi) is 4.72. The van der Waals surface area contributed by atoms with Crippen LogP contribution in [0.25, 0.3) is 0 Å². The molecule has 1 N–H and O–H groups in total. The first-order chi connectivity index (χ1) is 12.2. The van der Waals surface area contributed by atoms with Gasteiger partial charge < -0.3 is 10.2 Å². The van der Waals surface area contributed by atoms with Crippen LogP contribution in [0.15, 0.2) is 58.3 Å². The highest BCUT2D eigenvalue weighted by Gasteiger charge is 2.28. The number of amides is 2. The fraction of sp³-hybridized carbons (Fsp3) is 0.263. The Hall–Kier alpha value is -1.92. The van der Waals surface area contributed by atoms with E-state index in [0.29, 0.717) is 5.75 Å². The number of rotatable bonds is 3. The molecule has 0 aromatic heterocycles. The second-order valence-electron chi connectivity index (χ2n) is 6.03. The lowest BCUT2D eigenvalue weighted by atomic mass is 10.0. The van der Waals surface area contributed by atoms with Crippen molar-refractivity contribution >= 4 is 41.0 Å². The zero-order chi connectivity index (χ0) is 17.2. The second-order valence-corrected chi connectivity index (χ2v) is 8.19. The number of para-hydroxylation sites is 1. The van der Waals surface area contributed by atoms with E-state index < -0.39 is 0 Å². The van der Waals surface area contributed by atoms with Gasteiger partial charge in [-0.15, -0.1) is 23.5 Å². The minimum atomic E-state index is -0.109. The van der Waals surface area contributed by atoms with Gasteiger partial charge in [-0.25, -0.2) is 0 Å². The Morgan fingerprint density at radius 1 is 1.08 bits per heavy atom. The maximum Gasteiger partial charge on any atom is 0.240 e. The predicted octanol–water partition coefficient (Wildman–Crippen LogP) is 3.48. The van der Waals surface area contributed by atoms with Crippen molar-refractivity contribution in [2.75, 3.05) is 23.0 Å². The molecular weight excluding hydrogens is 352 g/mol. The molecule has 2 aliphatic heterocycles. The molecular formula is C19H18N2O2S2. The fourth-order valence-electron chi connectivity index (χ4n) is 3.20. The van der Waals surface area contributed by atoms with Gasteiger partial charge in [0.05, 0.1) is 17.5 Å². The molecule has 2 aromatic rings. The molecule has 1 atom stereocenters. The van der Waals surface area contributed by atoms with Crippen molar-refractivity contribution in [2.24, 2.45) is 0 Å². The Morgan fingerprint density at radius 3 is 2.72 bits per heavy atom. The third-order valence-electron chi connectivity index (χ3n) is 4.40. The summed E-state index contributed by atoms with van der Waals surface area (Å²) in [5, 5.41) is 3.12. The summed E-state index contributed by atoms with van der Waals surface area (Å²) in [5.74, 6) is 1.25. The molecule has 0 aliphatic carbocycles. The van der Waals surface area contributed by atoms with E-state index >= 15 is 0 Å². The Balaban J connectivity index is 1.49. The van der Waals surface area contributed by atoms with E-state index in [9.17, 15) is 9.59 Å². The van der Waals surface area contributed by atoms with Crippen molar-refractivity contribution in [3.8, 4) is 0 Å². The lowest BCUT2D eigenvalue weighted by Crippen LogP contribution is -2.44. The van der Waals surface area contributed by atoms with Gasteiger partial charge in [0.1, 0.15) is 6.54 Å². The zero-order valence-corrected chi connectivity index (χ0v) is 15.2. The SMILES string of the molecule is O=C(CN1C(=O)CSc2ccccc21)NC1CCSc2ccccc21. The minimum Gasteiger partial charge on any atom is -0.348 e. The summed E-state index contributed by atoms with van der Waals surface area (Å²) >= 11 is 3.36. The van der Waals surface area contributed by atoms with E-state index in [0.717, 1.165) is 22.8 Å². The van der Waals surface area contributed by atoms with Crippen LogP contribution in [-0.2, 0) is 9.59 Å². The molecule has 0 saturated carbocycles. The molecule has 2 aromatic carbocycles. The number of fused-ring (bicyclic) bond motifs is 2. The van der Waals surface area contributed by atoms with Gasteiger partial charge in [0, 0.05) is 15.5 Å². The molecule has 2 amide bonds. The monoisotopic (exact) mass is 370 g/mol. The van der Waals surface area contributed by atoms with E-state index in [-0.39, 0.29) is 24.4 Å². The van der Waals surface area contributed by atoms with Crippen molar-refractivity contribution in [1.29, 1.82) is 0 Å². The average molecular weight is 370 g/mol. The molecule has 4 rings (SSSR count). The van der Waals surface area contributed by atoms with Crippen LogP contribution >= 0.6 is 23.5 Å². The predicted molar refractivity (Wildman–Crippen MR) is 102 cm³/mol. The van der Waals surface area contributed by atoms with Gasteiger partial charge in [-0.2, -0.15) is 0 Å². The highest BCUT2D eigenvalue weighted by Crippen LogP contribution is 2.36. The number of hydrogen-bond acceptors (Lipinski definition) is 4. The normalized spacial score (nSPS) is 19.1. The molecule has 4 nitrogen and oxygen atoms in total. The summed E-state index contributed by atoms with van der Waals surface area (Å²) in [6.07, 6.45) is 0.911. The first-order valence-electron chi connectivity index (χ1n) is 8.25. The molecule has 0 fully saturated rings. The van der Waals surface area contributed by atoms with Crippen molar-refractivity contribution in [3.63, 3.8) is 0 Å². The number of anilines is 1. The molecule has 128 valence electrons. The summed E-state index contributed by atoms with van der Waals surface area (Å²) < 4.78 is 0. The van der Waals surface area contributed by atoms with Crippen molar-refractivity contribution < 1.29 is 9.59 Å². The smallest absolute Gasteiger partial charge is 0.240 e. The average Bonchev–Trinajstić information content (AvgIpc) is 2.64. The van der Waals surface area contributed by atoms with Crippen molar-refractivity contribution in [2.45, 2.75) is 22.3 Å². The quantitative estimate of drug-likeness (QED) is 0.899. The number of carbonyl (C=O) groups is 2. The van der Waals surface area contributed by atoms with Crippen LogP contribution in [0.4, 0.5) is 5.69 Å². The minimum absolute atomic E-state index is 0.0153. The molecule has 0 bridgehead atoms. The molecule has 0 radical (unpaired) electrons. The third kappa shape index (κ3) is 3.41. The van der Waals surface area contributed by atoms with Crippen LogP contribution in [0.3, 0.4) is 0 Å². The number of thioether (sulfide) groups is 2. The van der Waals surface area contributed by atoms with E-state index in [1.807, 2.05) is 48.2 Å². The van der Waals surface area contributed by atoms with E-state index in [4.69, 9.17) is 0 Å². The lowest BCUT2D eigenvalue weighted by molar-refractivity contribution is -0.123. The van der Waals surface area contributed by atoms with Crippen LogP contribution in [0.2, 0.25) is 0 Å². The molecule has 25 heavy (non-hydrogen) atoms. The Morgan fingerprint density at radius 2 is 1.84 bits per heavy atom. The van der Waals surface area contributed by atoms with Crippen LogP contribution in [-0.4, -0.2) is 29.9 Å². The van der Waals surface area contributed by atoms with Crippen molar-refractivity contribution in [3.05, 3.63) is 54.1 Å². The maximum absolute atomic E-state index is 12.6. The van der Waals surface area contributed by atoms with Gasteiger partial charge in [0.15, 0.2) is 0 Å². The van der Waals surface area contributed by atoms with Crippen LogP contribution < -0.4 is 10.2 Å². The van der Waals surface area contributed by atoms with E-state index in [1.165, 1.54) is 22.2 Å². The first-order valence-corrected chi connectivity index (χ1v) is 10.2. The molecule has 0 spiro atoms. The highest BCUT2D eigenvalue weighted by molar-refractivity contribution is 8.00. The van der Waals surface area contributed by atoms with Crippen LogP contribution in [0, 0.1) is 0 Å². The van der Waals surface area contributed by atoms with Gasteiger partial charge in [-0.1, -0.05) is 30.3 Å². The Bertz CT molecular complexity index is 825. The fourth-order valence-corrected chi connectivity index (χ4v) is 5.26. The molecule has 2 heterocycles. The molecule has 1 unspecified atom stereocenters. The topological polar surface area (TPSA) is 49.4 Å². The molecule has 2 aliphatic rings. The number of nitrogens with one attached hydrogen (secondary N) is 1. The second kappa shape index (κ2) is 7.14. The maximum atomic E-state index is 12.6. The van der Waals surface area contributed by atoms with Gasteiger partial charge in [-0.3, -0.25) is 9.59 Å². The van der Waals surface area contributed by atoms with E-state index in [2.05, 4.69) is 17.4 Å². The third-order valence-corrected chi connectivity index (χ3v) is 6.57. The van der Waals surface area contributed by atoms with Crippen LogP contribution in [0.1, 0.15) is 18.0 Å². The van der Waals surface area contributed by atoms with Crippen LogP contribution in [0.5, 0.6) is 0 Å². The van der Waals surface area contributed by atoms with E-state index in [1.54, 1.807) is 4.90 Å².